The molecule has 0 saturated carbocycles. The minimum Gasteiger partial charge on any atom is -0.452 e. The zero-order chi connectivity index (χ0) is 20.2. The zero-order valence-corrected chi connectivity index (χ0v) is 17.4. The lowest BCUT2D eigenvalue weighted by Gasteiger charge is -2.16. The van der Waals surface area contributed by atoms with E-state index in [0.29, 0.717) is 10.9 Å². The fourth-order valence-electron chi connectivity index (χ4n) is 2.05. The van der Waals surface area contributed by atoms with E-state index in [4.69, 9.17) is 16.3 Å². The highest BCUT2D eigenvalue weighted by Gasteiger charge is 2.19. The van der Waals surface area contributed by atoms with Gasteiger partial charge in [-0.2, -0.15) is 0 Å². The lowest BCUT2D eigenvalue weighted by Crippen LogP contribution is -2.30. The van der Waals surface area contributed by atoms with E-state index in [1.54, 1.807) is 13.1 Å². The summed E-state index contributed by atoms with van der Waals surface area (Å²) in [5.41, 5.74) is 0.160. The van der Waals surface area contributed by atoms with Crippen LogP contribution in [-0.4, -0.2) is 57.2 Å². The molecule has 27 heavy (non-hydrogen) atoms. The summed E-state index contributed by atoms with van der Waals surface area (Å²) < 4.78 is 30.7. The molecule has 2 rings (SSSR count). The van der Waals surface area contributed by atoms with Gasteiger partial charge in [0.25, 0.3) is 5.91 Å². The first kappa shape index (κ1) is 21.4. The van der Waals surface area contributed by atoms with Crippen LogP contribution in [0, 0.1) is 0 Å². The first-order valence-corrected chi connectivity index (χ1v) is 10.4. The smallest absolute Gasteiger partial charge is 0.338 e. The molecule has 1 heterocycles. The Morgan fingerprint density at radius 3 is 2.22 bits per heavy atom. The predicted octanol–water partition coefficient (Wildman–Crippen LogP) is 2.47. The second-order valence-corrected chi connectivity index (χ2v) is 9.80. The second-order valence-electron chi connectivity index (χ2n) is 5.84. The highest BCUT2D eigenvalue weighted by Crippen LogP contribution is 2.22. The van der Waals surface area contributed by atoms with Crippen LogP contribution in [0.4, 0.5) is 0 Å². The lowest BCUT2D eigenvalue weighted by atomic mass is 10.2. The standard InChI is InChI=1S/C17H19ClN2O5S2/c1-19(2)27(23,24)14-7-4-12(5-8-14)17(22)25-11-16(21)20(3)10-13-6-9-15(18)26-13/h4-9H,10-11H2,1-3H3. The van der Waals surface area contributed by atoms with Gasteiger partial charge in [-0.15, -0.1) is 11.3 Å². The van der Waals surface area contributed by atoms with Gasteiger partial charge in [0.1, 0.15) is 0 Å². The summed E-state index contributed by atoms with van der Waals surface area (Å²) in [6.07, 6.45) is 0. The van der Waals surface area contributed by atoms with Crippen LogP contribution in [0.25, 0.3) is 0 Å². The quantitative estimate of drug-likeness (QED) is 0.630. The predicted molar refractivity (Wildman–Crippen MR) is 103 cm³/mol. The van der Waals surface area contributed by atoms with Gasteiger partial charge in [-0.3, -0.25) is 4.79 Å². The van der Waals surface area contributed by atoms with Gasteiger partial charge in [0.2, 0.25) is 10.0 Å². The van der Waals surface area contributed by atoms with Crippen molar-refractivity contribution in [1.29, 1.82) is 0 Å². The molecule has 2 aromatic rings. The molecule has 0 aliphatic carbocycles. The Kier molecular flexibility index (Phi) is 6.99. The number of amides is 1. The maximum Gasteiger partial charge on any atom is 0.338 e. The molecule has 10 heteroatoms. The van der Waals surface area contributed by atoms with Crippen molar-refractivity contribution in [2.45, 2.75) is 11.4 Å². The van der Waals surface area contributed by atoms with Gasteiger partial charge in [-0.05, 0) is 36.4 Å². The highest BCUT2D eigenvalue weighted by atomic mass is 35.5. The SMILES string of the molecule is CN(Cc1ccc(Cl)s1)C(=O)COC(=O)c1ccc(S(=O)(=O)N(C)C)cc1. The van der Waals surface area contributed by atoms with Crippen molar-refractivity contribution in [3.05, 3.63) is 51.2 Å². The van der Waals surface area contributed by atoms with Crippen molar-refractivity contribution < 1.29 is 22.7 Å². The number of halogens is 1. The number of thiophene rings is 1. The van der Waals surface area contributed by atoms with Gasteiger partial charge in [0.15, 0.2) is 6.61 Å². The maximum absolute atomic E-state index is 12.1. The molecule has 146 valence electrons. The van der Waals surface area contributed by atoms with Crippen LogP contribution < -0.4 is 0 Å². The molecular formula is C17H19ClN2O5S2. The van der Waals surface area contributed by atoms with E-state index >= 15 is 0 Å². The van der Waals surface area contributed by atoms with Crippen LogP contribution in [0.1, 0.15) is 15.2 Å². The van der Waals surface area contributed by atoms with Crippen LogP contribution in [0.2, 0.25) is 4.34 Å². The van der Waals surface area contributed by atoms with Gasteiger partial charge < -0.3 is 9.64 Å². The number of carbonyl (C=O) groups excluding carboxylic acids is 2. The number of benzene rings is 1. The average Bonchev–Trinajstić information content (AvgIpc) is 3.03. The Hall–Kier alpha value is -1.94. The van der Waals surface area contributed by atoms with Crippen molar-refractivity contribution in [1.82, 2.24) is 9.21 Å². The van der Waals surface area contributed by atoms with Gasteiger partial charge in [-0.25, -0.2) is 17.5 Å². The Morgan fingerprint density at radius 2 is 1.70 bits per heavy atom. The summed E-state index contributed by atoms with van der Waals surface area (Å²) in [6.45, 7) is -0.0446. The van der Waals surface area contributed by atoms with E-state index in [2.05, 4.69) is 0 Å². The molecule has 1 aromatic carbocycles. The fourth-order valence-corrected chi connectivity index (χ4v) is 4.10. The van der Waals surface area contributed by atoms with Crippen LogP contribution in [0.3, 0.4) is 0 Å². The largest absolute Gasteiger partial charge is 0.452 e. The van der Waals surface area contributed by atoms with Crippen molar-refractivity contribution in [2.75, 3.05) is 27.7 Å². The van der Waals surface area contributed by atoms with Gasteiger partial charge in [0.05, 0.1) is 21.3 Å². The van der Waals surface area contributed by atoms with Crippen LogP contribution in [0.5, 0.6) is 0 Å². The summed E-state index contributed by atoms with van der Waals surface area (Å²) in [6, 6.07) is 8.91. The van der Waals surface area contributed by atoms with E-state index in [1.165, 1.54) is 54.6 Å². The average molecular weight is 431 g/mol. The molecule has 7 nitrogen and oxygen atoms in total. The summed E-state index contributed by atoms with van der Waals surface area (Å²) in [4.78, 5) is 26.6. The molecule has 0 aliphatic rings. The zero-order valence-electron chi connectivity index (χ0n) is 15.0. The third-order valence-electron chi connectivity index (χ3n) is 3.64. The molecule has 0 aliphatic heterocycles. The minimum absolute atomic E-state index is 0.0643. The van der Waals surface area contributed by atoms with Crippen molar-refractivity contribution in [3.8, 4) is 0 Å². The highest BCUT2D eigenvalue weighted by molar-refractivity contribution is 7.89. The van der Waals surface area contributed by atoms with Gasteiger partial charge >= 0.3 is 5.97 Å². The number of sulfonamides is 1. The lowest BCUT2D eigenvalue weighted by molar-refractivity contribution is -0.133. The fraction of sp³-hybridized carbons (Fsp3) is 0.294. The number of nitrogens with zero attached hydrogens (tertiary/aromatic N) is 2. The number of carbonyl (C=O) groups is 2. The third-order valence-corrected chi connectivity index (χ3v) is 6.69. The molecule has 0 spiro atoms. The second kappa shape index (κ2) is 8.83. The summed E-state index contributed by atoms with van der Waals surface area (Å²) in [5, 5.41) is 0. The van der Waals surface area contributed by atoms with E-state index < -0.39 is 22.6 Å². The summed E-state index contributed by atoms with van der Waals surface area (Å²) >= 11 is 7.23. The molecule has 0 unspecified atom stereocenters. The molecule has 0 radical (unpaired) electrons. The Bertz CT molecular complexity index is 923. The monoisotopic (exact) mass is 430 g/mol. The van der Waals surface area contributed by atoms with Gasteiger partial charge in [0, 0.05) is 26.0 Å². The molecular weight excluding hydrogens is 412 g/mol. The van der Waals surface area contributed by atoms with E-state index in [0.717, 1.165) is 9.18 Å². The molecule has 1 amide bonds. The normalized spacial score (nSPS) is 11.4. The van der Waals surface area contributed by atoms with Crippen LogP contribution >= 0.6 is 22.9 Å². The van der Waals surface area contributed by atoms with Crippen LogP contribution in [-0.2, 0) is 26.1 Å². The first-order chi connectivity index (χ1) is 12.6. The maximum atomic E-state index is 12.1. The molecule has 0 N–H and O–H groups in total. The molecule has 0 fully saturated rings. The Labute approximate surface area is 167 Å². The summed E-state index contributed by atoms with van der Waals surface area (Å²) in [5.74, 6) is -1.07. The molecule has 0 bridgehead atoms. The van der Waals surface area contributed by atoms with Crippen molar-refractivity contribution in [3.63, 3.8) is 0 Å². The topological polar surface area (TPSA) is 84.0 Å². The van der Waals surface area contributed by atoms with Gasteiger partial charge in [-0.1, -0.05) is 11.6 Å². The van der Waals surface area contributed by atoms with Crippen molar-refractivity contribution in [2.24, 2.45) is 0 Å². The molecule has 1 aromatic heterocycles. The minimum atomic E-state index is -3.57. The number of ether oxygens (including phenoxy) is 1. The van der Waals surface area contributed by atoms with E-state index in [-0.39, 0.29) is 16.4 Å². The molecule has 0 saturated heterocycles. The Morgan fingerprint density at radius 1 is 1.07 bits per heavy atom. The number of hydrogen-bond acceptors (Lipinski definition) is 6. The van der Waals surface area contributed by atoms with E-state index in [1.807, 2.05) is 6.07 Å². The summed E-state index contributed by atoms with van der Waals surface area (Å²) in [7, 11) is 0.870. The number of likely N-dealkylation sites (N-methyl/N-ethyl adjacent to an activating group) is 1. The molecule has 0 atom stereocenters. The number of esters is 1. The third kappa shape index (κ3) is 5.52. The van der Waals surface area contributed by atoms with E-state index in [9.17, 15) is 18.0 Å². The number of hydrogen-bond donors (Lipinski definition) is 0. The van der Waals surface area contributed by atoms with Crippen molar-refractivity contribution >= 4 is 44.8 Å². The Balaban J connectivity index is 1.92. The first-order valence-electron chi connectivity index (χ1n) is 7.79. The number of rotatable bonds is 7. The van der Waals surface area contributed by atoms with Crippen LogP contribution in [0.15, 0.2) is 41.3 Å².